The van der Waals surface area contributed by atoms with Crippen LogP contribution in [0.4, 0.5) is 0 Å². The Morgan fingerprint density at radius 3 is 2.68 bits per heavy atom. The van der Waals surface area contributed by atoms with Crippen molar-refractivity contribution in [2.24, 2.45) is 0 Å². The lowest BCUT2D eigenvalue weighted by molar-refractivity contribution is 0.243. The molecular weight excluding hydrogens is 230 g/mol. The van der Waals surface area contributed by atoms with Crippen molar-refractivity contribution >= 4 is 0 Å². The molecule has 1 aliphatic rings. The van der Waals surface area contributed by atoms with E-state index in [0.717, 1.165) is 0 Å². The summed E-state index contributed by atoms with van der Waals surface area (Å²) in [5.74, 6) is 0.524. The highest BCUT2D eigenvalue weighted by molar-refractivity contribution is 5.40. The monoisotopic (exact) mass is 255 g/mol. The lowest BCUT2D eigenvalue weighted by Crippen LogP contribution is -2.38. The summed E-state index contributed by atoms with van der Waals surface area (Å²) >= 11 is 0. The van der Waals surface area contributed by atoms with Gasteiger partial charge in [0.1, 0.15) is 0 Å². The topological polar surface area (TPSA) is 3.24 Å². The lowest BCUT2D eigenvalue weighted by atomic mass is 9.75. The number of hydrogen-bond acceptors (Lipinski definition) is 1. The molecule has 0 aromatic heterocycles. The van der Waals surface area contributed by atoms with Gasteiger partial charge in [0, 0.05) is 12.0 Å². The lowest BCUT2D eigenvalue weighted by Gasteiger charge is -2.38. The maximum absolute atomic E-state index is 2.38. The summed E-state index contributed by atoms with van der Waals surface area (Å²) in [6.07, 6.45) is 8.97. The Bertz CT molecular complexity index is 482. The number of allylic oxidation sites excluding steroid dienone is 3. The molecule has 0 fully saturated rings. The number of hydrogen-bond donors (Lipinski definition) is 0. The minimum atomic E-state index is 0.524. The Morgan fingerprint density at radius 1 is 1.26 bits per heavy atom. The van der Waals surface area contributed by atoms with Crippen molar-refractivity contribution in [2.75, 3.05) is 14.1 Å². The number of likely N-dealkylation sites (N-methyl/N-ethyl adjacent to an activating group) is 1. The molecule has 19 heavy (non-hydrogen) atoms. The zero-order chi connectivity index (χ0) is 13.8. The number of rotatable bonds is 3. The van der Waals surface area contributed by atoms with Crippen LogP contribution in [-0.4, -0.2) is 25.0 Å². The summed E-state index contributed by atoms with van der Waals surface area (Å²) < 4.78 is 0. The second kappa shape index (κ2) is 6.21. The Labute approximate surface area is 117 Å². The fourth-order valence-electron chi connectivity index (χ4n) is 3.20. The van der Waals surface area contributed by atoms with E-state index in [-0.39, 0.29) is 0 Å². The Morgan fingerprint density at radius 2 is 2.00 bits per heavy atom. The number of fused-ring (bicyclic) bond motifs is 1. The Hall–Kier alpha value is -1.34. The molecule has 0 bridgehead atoms. The first-order valence-electron chi connectivity index (χ1n) is 7.19. The third-order valence-corrected chi connectivity index (χ3v) is 4.19. The number of nitrogens with zero attached hydrogens (tertiary/aromatic N) is 1. The molecule has 0 radical (unpaired) electrons. The van der Waals surface area contributed by atoms with Crippen LogP contribution in [0.25, 0.3) is 0 Å². The number of benzene rings is 1. The highest BCUT2D eigenvalue weighted by Gasteiger charge is 2.31. The third-order valence-electron chi connectivity index (χ3n) is 4.19. The Balaban J connectivity index is 2.44. The van der Waals surface area contributed by atoms with Gasteiger partial charge in [0.2, 0.25) is 0 Å². The fraction of sp³-hybridized carbons (Fsp3) is 0.444. The minimum absolute atomic E-state index is 0.524. The van der Waals surface area contributed by atoms with Gasteiger partial charge in [-0.1, -0.05) is 48.1 Å². The van der Waals surface area contributed by atoms with Crippen molar-refractivity contribution in [1.82, 2.24) is 4.90 Å². The Kier molecular flexibility index (Phi) is 4.60. The van der Waals surface area contributed by atoms with Gasteiger partial charge in [-0.3, -0.25) is 0 Å². The standard InChI is InChI=1S/C18H25N/c1-5-6-9-14(2)18-16-11-8-7-10-15(16)12-13-17(18)19(3)4/h5-11,17-18H,12-13H2,1-4H3/b6-5-,14-9+. The maximum Gasteiger partial charge on any atom is 0.0207 e. The van der Waals surface area contributed by atoms with Crippen LogP contribution < -0.4 is 0 Å². The molecule has 1 heteroatoms. The van der Waals surface area contributed by atoms with Crippen LogP contribution in [0, 0.1) is 0 Å². The predicted octanol–water partition coefficient (Wildman–Crippen LogP) is 4.17. The van der Waals surface area contributed by atoms with E-state index < -0.39 is 0 Å². The average molecular weight is 255 g/mol. The van der Waals surface area contributed by atoms with E-state index >= 15 is 0 Å². The van der Waals surface area contributed by atoms with Gasteiger partial charge in [-0.15, -0.1) is 0 Å². The van der Waals surface area contributed by atoms with Crippen molar-refractivity contribution in [3.63, 3.8) is 0 Å². The molecule has 0 heterocycles. The van der Waals surface area contributed by atoms with Crippen molar-refractivity contribution in [3.05, 3.63) is 59.2 Å². The van der Waals surface area contributed by atoms with Gasteiger partial charge in [0.15, 0.2) is 0 Å². The quantitative estimate of drug-likeness (QED) is 0.733. The van der Waals surface area contributed by atoms with Crippen LogP contribution in [0.1, 0.15) is 37.3 Å². The maximum atomic E-state index is 2.38. The molecule has 0 saturated carbocycles. The molecule has 2 unspecified atom stereocenters. The van der Waals surface area contributed by atoms with Crippen molar-refractivity contribution < 1.29 is 0 Å². The van der Waals surface area contributed by atoms with Gasteiger partial charge in [0.05, 0.1) is 0 Å². The second-order valence-corrected chi connectivity index (χ2v) is 5.68. The van der Waals surface area contributed by atoms with Crippen LogP contribution in [0.3, 0.4) is 0 Å². The highest BCUT2D eigenvalue weighted by atomic mass is 15.1. The fourth-order valence-corrected chi connectivity index (χ4v) is 3.20. The van der Waals surface area contributed by atoms with Crippen LogP contribution in [0.5, 0.6) is 0 Å². The van der Waals surface area contributed by atoms with Gasteiger partial charge in [-0.2, -0.15) is 0 Å². The molecule has 1 aromatic rings. The van der Waals surface area contributed by atoms with Crippen molar-refractivity contribution in [2.45, 2.75) is 38.6 Å². The molecule has 2 rings (SSSR count). The molecule has 0 aliphatic heterocycles. The van der Waals surface area contributed by atoms with Crippen LogP contribution in [0.2, 0.25) is 0 Å². The largest absolute Gasteiger partial charge is 0.306 e. The average Bonchev–Trinajstić information content (AvgIpc) is 2.43. The zero-order valence-corrected chi connectivity index (χ0v) is 12.6. The van der Waals surface area contributed by atoms with Crippen LogP contribution in [0.15, 0.2) is 48.1 Å². The molecule has 0 spiro atoms. The van der Waals surface area contributed by atoms with Gasteiger partial charge in [-0.25, -0.2) is 0 Å². The number of aryl methyl sites for hydroxylation is 1. The van der Waals surface area contributed by atoms with Gasteiger partial charge < -0.3 is 4.90 Å². The summed E-state index contributed by atoms with van der Waals surface area (Å²) in [6.45, 7) is 4.34. The summed E-state index contributed by atoms with van der Waals surface area (Å²) in [4.78, 5) is 2.38. The molecule has 0 saturated heterocycles. The summed E-state index contributed by atoms with van der Waals surface area (Å²) in [7, 11) is 4.41. The molecular formula is C18H25N. The van der Waals surface area contributed by atoms with Gasteiger partial charge in [-0.05, 0) is 51.9 Å². The first-order valence-corrected chi connectivity index (χ1v) is 7.19. The SMILES string of the molecule is C/C=C\C=C(/C)C1c2ccccc2CCC1N(C)C. The van der Waals surface area contributed by atoms with E-state index in [1.54, 1.807) is 0 Å². The molecule has 1 aromatic carbocycles. The first-order chi connectivity index (χ1) is 9.15. The summed E-state index contributed by atoms with van der Waals surface area (Å²) in [6, 6.07) is 9.54. The van der Waals surface area contributed by atoms with E-state index in [0.29, 0.717) is 12.0 Å². The van der Waals surface area contributed by atoms with Crippen molar-refractivity contribution in [1.29, 1.82) is 0 Å². The van der Waals surface area contributed by atoms with Gasteiger partial charge in [0.25, 0.3) is 0 Å². The van der Waals surface area contributed by atoms with E-state index in [1.807, 2.05) is 0 Å². The molecule has 1 aliphatic carbocycles. The molecule has 2 atom stereocenters. The smallest absolute Gasteiger partial charge is 0.0207 e. The molecule has 1 nitrogen and oxygen atoms in total. The van der Waals surface area contributed by atoms with E-state index in [9.17, 15) is 0 Å². The molecule has 0 N–H and O–H groups in total. The molecule has 102 valence electrons. The van der Waals surface area contributed by atoms with E-state index in [1.165, 1.54) is 29.5 Å². The van der Waals surface area contributed by atoms with Gasteiger partial charge >= 0.3 is 0 Å². The third kappa shape index (κ3) is 2.98. The highest BCUT2D eigenvalue weighted by Crippen LogP contribution is 2.38. The zero-order valence-electron chi connectivity index (χ0n) is 12.6. The van der Waals surface area contributed by atoms with E-state index in [4.69, 9.17) is 0 Å². The van der Waals surface area contributed by atoms with E-state index in [2.05, 4.69) is 75.3 Å². The van der Waals surface area contributed by atoms with Crippen LogP contribution in [-0.2, 0) is 6.42 Å². The molecule has 0 amide bonds. The normalized spacial score (nSPS) is 23.9. The van der Waals surface area contributed by atoms with Crippen LogP contribution >= 0.6 is 0 Å². The minimum Gasteiger partial charge on any atom is -0.306 e. The van der Waals surface area contributed by atoms with Crippen molar-refractivity contribution in [3.8, 4) is 0 Å². The second-order valence-electron chi connectivity index (χ2n) is 5.68. The summed E-state index contributed by atoms with van der Waals surface area (Å²) in [5, 5.41) is 0. The predicted molar refractivity (Wildman–Crippen MR) is 83.6 cm³/mol. The summed E-state index contributed by atoms with van der Waals surface area (Å²) in [5.41, 5.74) is 4.51. The first kappa shape index (κ1) is 14.1.